The van der Waals surface area contributed by atoms with E-state index in [4.69, 9.17) is 4.74 Å². The van der Waals surface area contributed by atoms with Crippen LogP contribution in [-0.2, 0) is 20.3 Å². The minimum atomic E-state index is -4.11. The average Bonchev–Trinajstić information content (AvgIpc) is 2.84. The van der Waals surface area contributed by atoms with Crippen LogP contribution >= 0.6 is 0 Å². The third-order valence-electron chi connectivity index (χ3n) is 5.70. The molecule has 3 aromatic rings. The summed E-state index contributed by atoms with van der Waals surface area (Å²) in [5.74, 6) is -1.75. The molecule has 2 amide bonds. The summed E-state index contributed by atoms with van der Waals surface area (Å²) in [5.41, 5.74) is 1.33. The quantitative estimate of drug-likeness (QED) is 0.477. The Balaban J connectivity index is 1.70. The van der Waals surface area contributed by atoms with Gasteiger partial charge in [-0.15, -0.1) is 0 Å². The van der Waals surface area contributed by atoms with Gasteiger partial charge in [0.15, 0.2) is 15.7 Å². The standard InChI is InChI=1S/C25H27F2N5O4S/c1-3-28-25(33)30-20-6-4-17(5-7-20)24-29-21(13-23(31-24)32-8-9-36-14-16(32)2)15-37(34,35)22-11-18(26)10-19(27)12-22/h4-7,10-13,16H,3,8-9,14-15H2,1-2H3,(H2,28,30,33)/t16-/m0/s1. The zero-order valence-electron chi connectivity index (χ0n) is 20.4. The van der Waals surface area contributed by atoms with Crippen LogP contribution in [0.4, 0.5) is 25.1 Å². The number of carbonyl (C=O) groups is 1. The van der Waals surface area contributed by atoms with Gasteiger partial charge in [-0.2, -0.15) is 0 Å². The van der Waals surface area contributed by atoms with Gasteiger partial charge in [-0.05, 0) is 50.2 Å². The number of aromatic nitrogens is 2. The number of rotatable bonds is 7. The molecular formula is C25H27F2N5O4S. The van der Waals surface area contributed by atoms with E-state index in [1.54, 1.807) is 30.3 Å². The number of morpholine rings is 1. The van der Waals surface area contributed by atoms with Crippen molar-refractivity contribution in [1.29, 1.82) is 0 Å². The van der Waals surface area contributed by atoms with Crippen LogP contribution in [-0.4, -0.2) is 56.8 Å². The highest BCUT2D eigenvalue weighted by Crippen LogP contribution is 2.26. The summed E-state index contributed by atoms with van der Waals surface area (Å²) in [4.78, 5) is 22.5. The van der Waals surface area contributed by atoms with Gasteiger partial charge in [-0.25, -0.2) is 32.0 Å². The van der Waals surface area contributed by atoms with Crippen LogP contribution in [0.25, 0.3) is 11.4 Å². The first-order valence-electron chi connectivity index (χ1n) is 11.7. The molecule has 0 radical (unpaired) electrons. The lowest BCUT2D eigenvalue weighted by molar-refractivity contribution is 0.0985. The van der Waals surface area contributed by atoms with Crippen LogP contribution in [0.3, 0.4) is 0 Å². The number of anilines is 2. The minimum absolute atomic E-state index is 0.0121. The lowest BCUT2D eigenvalue weighted by Crippen LogP contribution is -2.44. The van der Waals surface area contributed by atoms with Crippen molar-refractivity contribution in [3.05, 3.63) is 65.9 Å². The Labute approximate surface area is 213 Å². The molecule has 12 heteroatoms. The number of nitrogens with one attached hydrogen (secondary N) is 2. The topological polar surface area (TPSA) is 114 Å². The van der Waals surface area contributed by atoms with E-state index in [1.165, 1.54) is 0 Å². The summed E-state index contributed by atoms with van der Waals surface area (Å²) in [6.45, 7) is 5.78. The van der Waals surface area contributed by atoms with E-state index in [2.05, 4.69) is 20.6 Å². The molecule has 1 aliphatic heterocycles. The average molecular weight is 532 g/mol. The largest absolute Gasteiger partial charge is 0.377 e. The number of carbonyl (C=O) groups excluding carboxylic acids is 1. The Morgan fingerprint density at radius 1 is 1.11 bits per heavy atom. The third kappa shape index (κ3) is 6.57. The smallest absolute Gasteiger partial charge is 0.319 e. The molecule has 0 saturated carbocycles. The highest BCUT2D eigenvalue weighted by Gasteiger charge is 2.24. The Morgan fingerprint density at radius 3 is 2.46 bits per heavy atom. The Morgan fingerprint density at radius 2 is 1.81 bits per heavy atom. The highest BCUT2D eigenvalue weighted by atomic mass is 32.2. The van der Waals surface area contributed by atoms with Crippen LogP contribution in [0, 0.1) is 11.6 Å². The summed E-state index contributed by atoms with van der Waals surface area (Å²) in [6, 6.07) is 10.2. The second-order valence-electron chi connectivity index (χ2n) is 8.58. The number of halogens is 2. The minimum Gasteiger partial charge on any atom is -0.377 e. The summed E-state index contributed by atoms with van der Waals surface area (Å²) in [5, 5.41) is 5.35. The van der Waals surface area contributed by atoms with Crippen molar-refractivity contribution in [2.24, 2.45) is 0 Å². The van der Waals surface area contributed by atoms with Gasteiger partial charge >= 0.3 is 6.03 Å². The third-order valence-corrected chi connectivity index (χ3v) is 7.33. The lowest BCUT2D eigenvalue weighted by atomic mass is 10.2. The number of amides is 2. The SMILES string of the molecule is CCNC(=O)Nc1ccc(-c2nc(CS(=O)(=O)c3cc(F)cc(F)c3)cc(N3CCOC[C@@H]3C)n2)cc1. The van der Waals surface area contributed by atoms with Crippen molar-refractivity contribution >= 4 is 27.4 Å². The second-order valence-corrected chi connectivity index (χ2v) is 10.6. The van der Waals surface area contributed by atoms with Gasteiger partial charge < -0.3 is 20.3 Å². The molecule has 2 aromatic carbocycles. The monoisotopic (exact) mass is 531 g/mol. The Bertz CT molecular complexity index is 1370. The van der Waals surface area contributed by atoms with E-state index in [0.29, 0.717) is 49.4 Å². The number of hydrogen-bond donors (Lipinski definition) is 2. The number of ether oxygens (including phenoxy) is 1. The molecule has 4 rings (SSSR count). The fraction of sp³-hybridized carbons (Fsp3) is 0.320. The van der Waals surface area contributed by atoms with Gasteiger partial charge in [-0.1, -0.05) is 0 Å². The predicted octanol–water partition coefficient (Wildman–Crippen LogP) is 3.76. The summed E-state index contributed by atoms with van der Waals surface area (Å²) in [7, 11) is -4.11. The molecule has 0 aliphatic carbocycles. The first kappa shape index (κ1) is 26.4. The van der Waals surface area contributed by atoms with Crippen molar-refractivity contribution in [2.45, 2.75) is 30.5 Å². The molecule has 0 unspecified atom stereocenters. The molecule has 1 saturated heterocycles. The molecule has 1 atom stereocenters. The van der Waals surface area contributed by atoms with Crippen molar-refractivity contribution in [1.82, 2.24) is 15.3 Å². The van der Waals surface area contributed by atoms with Crippen LogP contribution in [0.15, 0.2) is 53.4 Å². The number of urea groups is 1. The predicted molar refractivity (Wildman–Crippen MR) is 135 cm³/mol. The van der Waals surface area contributed by atoms with E-state index >= 15 is 0 Å². The maximum absolute atomic E-state index is 13.7. The molecule has 0 bridgehead atoms. The van der Waals surface area contributed by atoms with Gasteiger partial charge in [0.1, 0.15) is 17.5 Å². The van der Waals surface area contributed by atoms with Crippen molar-refractivity contribution in [2.75, 3.05) is 36.5 Å². The highest BCUT2D eigenvalue weighted by molar-refractivity contribution is 7.90. The number of nitrogens with zero attached hydrogens (tertiary/aromatic N) is 3. The first-order chi connectivity index (χ1) is 17.6. The maximum Gasteiger partial charge on any atom is 0.319 e. The fourth-order valence-corrected chi connectivity index (χ4v) is 5.21. The fourth-order valence-electron chi connectivity index (χ4n) is 3.93. The van der Waals surface area contributed by atoms with Crippen molar-refractivity contribution in [3.63, 3.8) is 0 Å². The van der Waals surface area contributed by atoms with Crippen molar-refractivity contribution in [3.8, 4) is 11.4 Å². The van der Waals surface area contributed by atoms with E-state index in [1.807, 2.05) is 18.7 Å². The zero-order valence-corrected chi connectivity index (χ0v) is 21.2. The molecule has 2 N–H and O–H groups in total. The summed E-state index contributed by atoms with van der Waals surface area (Å²) in [6.07, 6.45) is 0. The molecule has 1 aromatic heterocycles. The second kappa shape index (κ2) is 11.2. The molecule has 196 valence electrons. The summed E-state index contributed by atoms with van der Waals surface area (Å²) >= 11 is 0. The molecule has 1 fully saturated rings. The van der Waals surface area contributed by atoms with E-state index in [9.17, 15) is 22.0 Å². The lowest BCUT2D eigenvalue weighted by Gasteiger charge is -2.34. The molecule has 37 heavy (non-hydrogen) atoms. The van der Waals surface area contributed by atoms with Crippen LogP contribution in [0.5, 0.6) is 0 Å². The summed E-state index contributed by atoms with van der Waals surface area (Å²) < 4.78 is 59.0. The van der Waals surface area contributed by atoms with Crippen molar-refractivity contribution < 1.29 is 26.7 Å². The number of sulfone groups is 1. The maximum atomic E-state index is 13.7. The van der Waals surface area contributed by atoms with Crippen LogP contribution in [0.2, 0.25) is 0 Å². The van der Waals surface area contributed by atoms with E-state index < -0.39 is 32.1 Å². The first-order valence-corrected chi connectivity index (χ1v) is 13.4. The van der Waals surface area contributed by atoms with E-state index in [0.717, 1.165) is 12.1 Å². The molecule has 1 aliphatic rings. The molecular weight excluding hydrogens is 504 g/mol. The Hall–Kier alpha value is -3.64. The van der Waals surface area contributed by atoms with E-state index in [-0.39, 0.29) is 23.6 Å². The molecule has 0 spiro atoms. The van der Waals surface area contributed by atoms with Gasteiger partial charge in [0.05, 0.1) is 35.6 Å². The van der Waals surface area contributed by atoms with Crippen LogP contribution < -0.4 is 15.5 Å². The zero-order chi connectivity index (χ0) is 26.6. The van der Waals surface area contributed by atoms with Gasteiger partial charge in [0.2, 0.25) is 0 Å². The molecule has 9 nitrogen and oxygen atoms in total. The van der Waals surface area contributed by atoms with Crippen LogP contribution in [0.1, 0.15) is 19.5 Å². The number of benzene rings is 2. The number of hydrogen-bond acceptors (Lipinski definition) is 7. The molecule has 2 heterocycles. The van der Waals surface area contributed by atoms with Gasteiger partial charge in [0, 0.05) is 36.5 Å². The van der Waals surface area contributed by atoms with Gasteiger partial charge in [-0.3, -0.25) is 0 Å². The Kier molecular flexibility index (Phi) is 7.98. The normalized spacial score (nSPS) is 15.9. The van der Waals surface area contributed by atoms with Gasteiger partial charge in [0.25, 0.3) is 0 Å².